The van der Waals surface area contributed by atoms with Crippen molar-refractivity contribution in [2.24, 2.45) is 0 Å². The third kappa shape index (κ3) is 3.46. The molecule has 2 rings (SSSR count). The summed E-state index contributed by atoms with van der Waals surface area (Å²) in [4.78, 5) is 0. The molecule has 0 aliphatic heterocycles. The predicted molar refractivity (Wildman–Crippen MR) is 66.6 cm³/mol. The molecule has 5 heteroatoms. The van der Waals surface area contributed by atoms with Gasteiger partial charge in [-0.25, -0.2) is 0 Å². The molecule has 2 aromatic rings. The van der Waals surface area contributed by atoms with E-state index in [4.69, 9.17) is 19.2 Å². The van der Waals surface area contributed by atoms with Crippen molar-refractivity contribution < 1.29 is 14.0 Å². The fourth-order valence-electron chi connectivity index (χ4n) is 1.34. The van der Waals surface area contributed by atoms with Crippen molar-refractivity contribution in [2.75, 3.05) is 0 Å². The largest absolute Gasteiger partial charge is 0.874 e. The summed E-state index contributed by atoms with van der Waals surface area (Å²) in [5.74, 6) is 1.13. The summed E-state index contributed by atoms with van der Waals surface area (Å²) in [6.07, 6.45) is 1.56. The zero-order valence-electron chi connectivity index (χ0n) is 9.52. The first-order valence-corrected chi connectivity index (χ1v) is 5.36. The summed E-state index contributed by atoms with van der Waals surface area (Å²) >= 11 is 0. The topological polar surface area (TPSA) is 51.5 Å². The molecule has 0 saturated carbocycles. The normalized spacial score (nSPS) is 9.06. The van der Waals surface area contributed by atoms with Crippen LogP contribution in [0.4, 0.5) is 0 Å². The van der Waals surface area contributed by atoms with Gasteiger partial charge in [0.2, 0.25) is 0 Å². The first-order valence-electron chi connectivity index (χ1n) is 5.36. The molecule has 0 radical (unpaired) electrons. The van der Waals surface area contributed by atoms with Crippen LogP contribution in [0.5, 0.6) is 11.5 Å². The minimum Gasteiger partial charge on any atom is -0.489 e. The summed E-state index contributed by atoms with van der Waals surface area (Å²) in [6.45, 7) is 0. The number of hydrogen-bond donors (Lipinski definition) is 0. The summed E-state index contributed by atoms with van der Waals surface area (Å²) in [7, 11) is -1.10. The third-order valence-corrected chi connectivity index (χ3v) is 2.10. The van der Waals surface area contributed by atoms with Gasteiger partial charge in [0.05, 0.1) is 0 Å². The quantitative estimate of drug-likeness (QED) is 0.594. The highest BCUT2D eigenvalue weighted by atomic mass is 16.7. The van der Waals surface area contributed by atoms with Gasteiger partial charge in [0.25, 0.3) is 6.26 Å². The van der Waals surface area contributed by atoms with Crippen LogP contribution in [-0.2, 0) is 4.65 Å². The lowest BCUT2D eigenvalue weighted by Gasteiger charge is -2.12. The van der Waals surface area contributed by atoms with E-state index >= 15 is 0 Å². The Kier molecular flexibility index (Phi) is 4.09. The maximum atomic E-state index is 8.56. The molecule has 0 unspecified atom stereocenters. The molecule has 0 atom stereocenters. The highest BCUT2D eigenvalue weighted by Gasteiger charge is 2.29. The molecular formula is C13H10BNO3. The van der Waals surface area contributed by atoms with E-state index in [1.165, 1.54) is 0 Å². The van der Waals surface area contributed by atoms with Crippen molar-refractivity contribution in [1.29, 1.82) is 5.26 Å². The Hall–Kier alpha value is -2.61. The zero-order valence-corrected chi connectivity index (χ0v) is 9.52. The van der Waals surface area contributed by atoms with Gasteiger partial charge in [-0.3, -0.25) is 0 Å². The Labute approximate surface area is 106 Å². The molecule has 0 aliphatic carbocycles. The van der Waals surface area contributed by atoms with E-state index in [1.807, 2.05) is 36.4 Å². The number of hydrogen-bond acceptors (Lipinski definition) is 4. The van der Waals surface area contributed by atoms with Crippen LogP contribution in [0.15, 0.2) is 60.7 Å². The van der Waals surface area contributed by atoms with Crippen LogP contribution < -0.4 is 9.31 Å². The van der Waals surface area contributed by atoms with Crippen LogP contribution in [-0.4, -0.2) is 7.32 Å². The van der Waals surface area contributed by atoms with Crippen molar-refractivity contribution in [3.05, 3.63) is 60.7 Å². The van der Waals surface area contributed by atoms with Crippen LogP contribution in [0.2, 0.25) is 0 Å². The van der Waals surface area contributed by atoms with Gasteiger partial charge in [0.15, 0.2) is 0 Å². The van der Waals surface area contributed by atoms with Crippen LogP contribution in [0.1, 0.15) is 0 Å². The number of nitrogens with zero attached hydrogens (tertiary/aromatic N) is 1. The lowest BCUT2D eigenvalue weighted by Crippen LogP contribution is -2.32. The molecule has 0 heterocycles. The molecule has 0 amide bonds. The van der Waals surface area contributed by atoms with Crippen molar-refractivity contribution in [3.8, 4) is 17.8 Å². The summed E-state index contributed by atoms with van der Waals surface area (Å²) in [5, 5.41) is 8.56. The Morgan fingerprint density at radius 3 is 1.61 bits per heavy atom. The van der Waals surface area contributed by atoms with Crippen LogP contribution in [0, 0.1) is 11.5 Å². The molecule has 2 aromatic carbocycles. The maximum Gasteiger partial charge on any atom is 0.874 e. The van der Waals surface area contributed by atoms with E-state index in [0.29, 0.717) is 11.5 Å². The van der Waals surface area contributed by atoms with Crippen LogP contribution >= 0.6 is 0 Å². The molecule has 0 spiro atoms. The first kappa shape index (κ1) is 11.9. The molecule has 0 N–H and O–H groups in total. The third-order valence-electron chi connectivity index (χ3n) is 2.10. The Bertz CT molecular complexity index is 471. The zero-order chi connectivity index (χ0) is 12.6. The second kappa shape index (κ2) is 6.21. The lowest BCUT2D eigenvalue weighted by atomic mass is 10.2. The second-order valence-electron chi connectivity index (χ2n) is 3.36. The smallest absolute Gasteiger partial charge is 0.489 e. The van der Waals surface area contributed by atoms with E-state index in [2.05, 4.69) is 0 Å². The summed E-state index contributed by atoms with van der Waals surface area (Å²) in [6, 6.07) is 18.0. The van der Waals surface area contributed by atoms with E-state index in [0.717, 1.165) is 0 Å². The highest BCUT2D eigenvalue weighted by Crippen LogP contribution is 2.14. The standard InChI is InChI=1S/C13H10BNO3/c15-11-16-14(17-12-7-3-1-4-8-12)18-13-9-5-2-6-10-13/h1-10H. The number of para-hydroxylation sites is 2. The number of benzene rings is 2. The van der Waals surface area contributed by atoms with Crippen molar-refractivity contribution in [3.63, 3.8) is 0 Å². The molecular weight excluding hydrogens is 229 g/mol. The van der Waals surface area contributed by atoms with E-state index in [-0.39, 0.29) is 0 Å². The van der Waals surface area contributed by atoms with Gasteiger partial charge in [-0.15, -0.1) is 0 Å². The van der Waals surface area contributed by atoms with Crippen LogP contribution in [0.25, 0.3) is 0 Å². The Morgan fingerprint density at radius 2 is 1.22 bits per heavy atom. The molecule has 0 fully saturated rings. The summed E-state index contributed by atoms with van der Waals surface area (Å²) in [5.41, 5.74) is 0. The van der Waals surface area contributed by atoms with Crippen molar-refractivity contribution in [1.82, 2.24) is 0 Å². The van der Waals surface area contributed by atoms with E-state index in [9.17, 15) is 0 Å². The van der Waals surface area contributed by atoms with Gasteiger partial charge in [-0.05, 0) is 24.3 Å². The first-order chi connectivity index (χ1) is 8.88. The predicted octanol–water partition coefficient (Wildman–Crippen LogP) is 2.63. The van der Waals surface area contributed by atoms with Gasteiger partial charge in [-0.2, -0.15) is 5.26 Å². The van der Waals surface area contributed by atoms with Gasteiger partial charge < -0.3 is 14.0 Å². The van der Waals surface area contributed by atoms with Crippen molar-refractivity contribution >= 4 is 7.32 Å². The van der Waals surface area contributed by atoms with Gasteiger partial charge in [-0.1, -0.05) is 36.4 Å². The summed E-state index contributed by atoms with van der Waals surface area (Å²) < 4.78 is 15.5. The van der Waals surface area contributed by atoms with Gasteiger partial charge in [0, 0.05) is 0 Å². The fraction of sp³-hybridized carbons (Fsp3) is 0. The lowest BCUT2D eigenvalue weighted by molar-refractivity contribution is 0.286. The highest BCUT2D eigenvalue weighted by molar-refractivity contribution is 6.38. The molecule has 0 aromatic heterocycles. The molecule has 4 nitrogen and oxygen atoms in total. The second-order valence-corrected chi connectivity index (χ2v) is 3.36. The van der Waals surface area contributed by atoms with E-state index in [1.54, 1.807) is 30.5 Å². The van der Waals surface area contributed by atoms with Crippen LogP contribution in [0.3, 0.4) is 0 Å². The Balaban J connectivity index is 2.03. The average Bonchev–Trinajstić information content (AvgIpc) is 2.41. The van der Waals surface area contributed by atoms with Crippen molar-refractivity contribution in [2.45, 2.75) is 0 Å². The number of rotatable bonds is 5. The average molecular weight is 239 g/mol. The fourth-order valence-corrected chi connectivity index (χ4v) is 1.34. The molecule has 18 heavy (non-hydrogen) atoms. The minimum absolute atomic E-state index is 0.564. The number of nitriles is 1. The molecule has 0 aliphatic rings. The molecule has 0 bridgehead atoms. The SMILES string of the molecule is N#COB(Oc1ccccc1)Oc1ccccc1. The monoisotopic (exact) mass is 239 g/mol. The van der Waals surface area contributed by atoms with Gasteiger partial charge >= 0.3 is 7.32 Å². The molecule has 0 saturated heterocycles. The van der Waals surface area contributed by atoms with Gasteiger partial charge in [0.1, 0.15) is 11.5 Å². The Morgan fingerprint density at radius 1 is 0.778 bits per heavy atom. The maximum absolute atomic E-state index is 8.56. The van der Waals surface area contributed by atoms with E-state index < -0.39 is 7.32 Å². The molecule has 88 valence electrons. The minimum atomic E-state index is -1.10.